The third-order valence-corrected chi connectivity index (χ3v) is 5.25. The zero-order valence-electron chi connectivity index (χ0n) is 16.9. The average Bonchev–Trinajstić information content (AvgIpc) is 3.06. The lowest BCUT2D eigenvalue weighted by Gasteiger charge is -2.18. The smallest absolute Gasteiger partial charge is 0.227 e. The molecule has 6 nitrogen and oxygen atoms in total. The van der Waals surface area contributed by atoms with Gasteiger partial charge < -0.3 is 4.90 Å². The summed E-state index contributed by atoms with van der Waals surface area (Å²) in [5.41, 5.74) is 7.10. The number of carbonyl (C=O) groups is 1. The van der Waals surface area contributed by atoms with Crippen molar-refractivity contribution in [2.24, 2.45) is 7.05 Å². The van der Waals surface area contributed by atoms with E-state index in [1.165, 1.54) is 0 Å². The van der Waals surface area contributed by atoms with Crippen LogP contribution in [0.25, 0.3) is 5.69 Å². The maximum Gasteiger partial charge on any atom is 0.227 e. The average molecular weight is 365 g/mol. The molecule has 2 heterocycles. The summed E-state index contributed by atoms with van der Waals surface area (Å²) >= 11 is 0. The molecule has 1 amide bonds. The van der Waals surface area contributed by atoms with Crippen LogP contribution in [0.4, 0.5) is 0 Å². The molecular formula is C21H27N5O. The Morgan fingerprint density at radius 2 is 1.59 bits per heavy atom. The Kier molecular flexibility index (Phi) is 5.17. The summed E-state index contributed by atoms with van der Waals surface area (Å²) in [5, 5.41) is 9.08. The van der Waals surface area contributed by atoms with Crippen LogP contribution >= 0.6 is 0 Å². The third kappa shape index (κ3) is 3.65. The van der Waals surface area contributed by atoms with Crippen LogP contribution < -0.4 is 0 Å². The van der Waals surface area contributed by atoms with Crippen molar-refractivity contribution in [3.63, 3.8) is 0 Å². The van der Waals surface area contributed by atoms with E-state index in [0.29, 0.717) is 13.0 Å². The molecule has 0 spiro atoms. The van der Waals surface area contributed by atoms with Gasteiger partial charge >= 0.3 is 0 Å². The van der Waals surface area contributed by atoms with Gasteiger partial charge in [0.15, 0.2) is 0 Å². The quantitative estimate of drug-likeness (QED) is 0.698. The van der Waals surface area contributed by atoms with Gasteiger partial charge in [-0.3, -0.25) is 9.48 Å². The molecule has 0 atom stereocenters. The van der Waals surface area contributed by atoms with Crippen LogP contribution in [0.5, 0.6) is 0 Å². The Morgan fingerprint density at radius 1 is 0.963 bits per heavy atom. The lowest BCUT2D eigenvalue weighted by molar-refractivity contribution is -0.129. The molecule has 0 saturated heterocycles. The number of aromatic nitrogens is 4. The SMILES string of the molecule is Cc1nn(C)c(C)c1CC(=O)N(C)Cc1c(C)nn(-c2ccccc2)c1C. The monoisotopic (exact) mass is 365 g/mol. The Labute approximate surface area is 160 Å². The lowest BCUT2D eigenvalue weighted by atomic mass is 10.1. The summed E-state index contributed by atoms with van der Waals surface area (Å²) < 4.78 is 3.77. The van der Waals surface area contributed by atoms with Crippen LogP contribution in [-0.4, -0.2) is 37.4 Å². The standard InChI is InChI=1S/C21H27N5O/c1-14-19(16(3)25(6)22-14)12-21(27)24(5)13-20-15(2)23-26(17(20)4)18-10-8-7-9-11-18/h7-11H,12-13H2,1-6H3. The zero-order chi connectivity index (χ0) is 19.7. The predicted molar refractivity (Wildman–Crippen MR) is 106 cm³/mol. The van der Waals surface area contributed by atoms with Gasteiger partial charge in [0.2, 0.25) is 5.91 Å². The first-order valence-corrected chi connectivity index (χ1v) is 9.13. The predicted octanol–water partition coefficient (Wildman–Crippen LogP) is 3.04. The van der Waals surface area contributed by atoms with Crippen LogP contribution in [0, 0.1) is 27.7 Å². The fourth-order valence-electron chi connectivity index (χ4n) is 3.41. The van der Waals surface area contributed by atoms with Crippen LogP contribution in [0.2, 0.25) is 0 Å². The molecule has 3 aromatic rings. The van der Waals surface area contributed by atoms with Gasteiger partial charge in [-0.25, -0.2) is 4.68 Å². The second-order valence-corrected chi connectivity index (χ2v) is 7.10. The maximum absolute atomic E-state index is 12.8. The van der Waals surface area contributed by atoms with Crippen molar-refractivity contribution >= 4 is 5.91 Å². The largest absolute Gasteiger partial charge is 0.341 e. The Balaban J connectivity index is 1.79. The highest BCUT2D eigenvalue weighted by Gasteiger charge is 2.20. The van der Waals surface area contributed by atoms with Gasteiger partial charge in [-0.1, -0.05) is 18.2 Å². The number of carbonyl (C=O) groups excluding carboxylic acids is 1. The number of para-hydroxylation sites is 1. The molecule has 0 radical (unpaired) electrons. The maximum atomic E-state index is 12.8. The molecule has 0 aliphatic carbocycles. The summed E-state index contributed by atoms with van der Waals surface area (Å²) in [6.07, 6.45) is 0.368. The number of benzene rings is 1. The topological polar surface area (TPSA) is 56.0 Å². The fraction of sp³-hybridized carbons (Fsp3) is 0.381. The lowest BCUT2D eigenvalue weighted by Crippen LogP contribution is -2.28. The van der Waals surface area contributed by atoms with Crippen molar-refractivity contribution in [1.29, 1.82) is 0 Å². The first-order chi connectivity index (χ1) is 12.8. The molecule has 3 rings (SSSR count). The second kappa shape index (κ2) is 7.39. The minimum Gasteiger partial charge on any atom is -0.341 e. The summed E-state index contributed by atoms with van der Waals surface area (Å²) in [4.78, 5) is 14.6. The van der Waals surface area contributed by atoms with Crippen LogP contribution in [0.3, 0.4) is 0 Å². The van der Waals surface area contributed by atoms with E-state index in [4.69, 9.17) is 0 Å². The fourth-order valence-corrected chi connectivity index (χ4v) is 3.41. The molecule has 0 bridgehead atoms. The zero-order valence-corrected chi connectivity index (χ0v) is 16.9. The molecule has 142 valence electrons. The van der Waals surface area contributed by atoms with E-state index in [-0.39, 0.29) is 5.91 Å². The highest BCUT2D eigenvalue weighted by Crippen LogP contribution is 2.20. The van der Waals surface area contributed by atoms with Gasteiger partial charge in [0.1, 0.15) is 0 Å². The molecule has 1 aromatic carbocycles. The molecule has 0 N–H and O–H groups in total. The van der Waals surface area contributed by atoms with Gasteiger partial charge in [-0.15, -0.1) is 0 Å². The van der Waals surface area contributed by atoms with E-state index < -0.39 is 0 Å². The first kappa shape index (κ1) is 18.9. The van der Waals surface area contributed by atoms with Gasteiger partial charge in [0.25, 0.3) is 0 Å². The van der Waals surface area contributed by atoms with Crippen molar-refractivity contribution in [3.8, 4) is 5.69 Å². The van der Waals surface area contributed by atoms with Gasteiger partial charge in [-0.2, -0.15) is 10.2 Å². The molecule has 27 heavy (non-hydrogen) atoms. The van der Waals surface area contributed by atoms with Crippen LogP contribution in [0.15, 0.2) is 30.3 Å². The van der Waals surface area contributed by atoms with Crippen LogP contribution in [0.1, 0.15) is 33.9 Å². The normalized spacial score (nSPS) is 11.0. The van der Waals surface area contributed by atoms with E-state index in [2.05, 4.69) is 17.1 Å². The molecule has 0 fully saturated rings. The van der Waals surface area contributed by atoms with Crippen molar-refractivity contribution < 1.29 is 4.79 Å². The van der Waals surface area contributed by atoms with Gasteiger partial charge in [-0.05, 0) is 39.8 Å². The van der Waals surface area contributed by atoms with Crippen molar-refractivity contribution in [2.45, 2.75) is 40.7 Å². The minimum absolute atomic E-state index is 0.0838. The number of nitrogens with zero attached hydrogens (tertiary/aromatic N) is 5. The van der Waals surface area contributed by atoms with E-state index in [0.717, 1.165) is 39.6 Å². The molecule has 2 aromatic heterocycles. The first-order valence-electron chi connectivity index (χ1n) is 9.13. The molecule has 6 heteroatoms. The highest BCUT2D eigenvalue weighted by atomic mass is 16.2. The van der Waals surface area contributed by atoms with Crippen LogP contribution in [-0.2, 0) is 24.8 Å². The second-order valence-electron chi connectivity index (χ2n) is 7.10. The number of hydrogen-bond acceptors (Lipinski definition) is 3. The molecule has 0 aliphatic heterocycles. The molecule has 0 saturated carbocycles. The van der Waals surface area contributed by atoms with E-state index in [1.54, 1.807) is 4.90 Å². The Morgan fingerprint density at radius 3 is 2.19 bits per heavy atom. The van der Waals surface area contributed by atoms with E-state index >= 15 is 0 Å². The number of hydrogen-bond donors (Lipinski definition) is 0. The summed E-state index contributed by atoms with van der Waals surface area (Å²) in [6.45, 7) is 8.54. The molecule has 0 aliphatic rings. The summed E-state index contributed by atoms with van der Waals surface area (Å²) in [5.74, 6) is 0.0838. The van der Waals surface area contributed by atoms with E-state index in [1.807, 2.05) is 74.6 Å². The number of aryl methyl sites for hydroxylation is 3. The number of rotatable bonds is 5. The van der Waals surface area contributed by atoms with Gasteiger partial charge in [0, 0.05) is 43.2 Å². The summed E-state index contributed by atoms with van der Waals surface area (Å²) in [7, 11) is 3.76. The van der Waals surface area contributed by atoms with Crippen molar-refractivity contribution in [2.75, 3.05) is 7.05 Å². The Hall–Kier alpha value is -2.89. The highest BCUT2D eigenvalue weighted by molar-refractivity contribution is 5.79. The third-order valence-electron chi connectivity index (χ3n) is 5.25. The van der Waals surface area contributed by atoms with Gasteiger partial charge in [0.05, 0.1) is 23.5 Å². The van der Waals surface area contributed by atoms with E-state index in [9.17, 15) is 4.79 Å². The number of likely N-dealkylation sites (N-methyl/N-ethyl adjacent to an activating group) is 1. The van der Waals surface area contributed by atoms with Crippen molar-refractivity contribution in [1.82, 2.24) is 24.5 Å². The molecular weight excluding hydrogens is 338 g/mol. The minimum atomic E-state index is 0.0838. The molecule has 0 unspecified atom stereocenters. The number of amides is 1. The summed E-state index contributed by atoms with van der Waals surface area (Å²) in [6, 6.07) is 10.1. The van der Waals surface area contributed by atoms with Crippen molar-refractivity contribution in [3.05, 3.63) is 64.2 Å². The Bertz CT molecular complexity index is 968.